The highest BCUT2D eigenvalue weighted by atomic mass is 35.5. The molecule has 0 radical (unpaired) electrons. The molecule has 0 aliphatic heterocycles. The largest absolute Gasteiger partial charge is 0.316 e. The number of rotatable bonds is 8. The van der Waals surface area contributed by atoms with Crippen LogP contribution in [0.1, 0.15) is 45.6 Å². The van der Waals surface area contributed by atoms with Crippen molar-refractivity contribution in [3.05, 3.63) is 34.6 Å². The Labute approximate surface area is 121 Å². The molecule has 0 bridgehead atoms. The number of hydrogen-bond acceptors (Lipinski definition) is 1. The second kappa shape index (κ2) is 7.86. The first kappa shape index (κ1) is 16.5. The van der Waals surface area contributed by atoms with Crippen LogP contribution in [0.4, 0.5) is 4.39 Å². The summed E-state index contributed by atoms with van der Waals surface area (Å²) in [6.45, 7) is 8.67. The Hall–Kier alpha value is -0.600. The molecule has 0 atom stereocenters. The summed E-state index contributed by atoms with van der Waals surface area (Å²) in [5, 5.41) is 3.74. The maximum atomic E-state index is 13.2. The van der Waals surface area contributed by atoms with E-state index in [0.717, 1.165) is 44.3 Å². The normalized spacial score (nSPS) is 11.8. The molecule has 0 saturated carbocycles. The van der Waals surface area contributed by atoms with Gasteiger partial charge in [-0.25, -0.2) is 4.39 Å². The van der Waals surface area contributed by atoms with Gasteiger partial charge in [-0.3, -0.25) is 0 Å². The van der Waals surface area contributed by atoms with E-state index in [1.807, 2.05) is 6.07 Å². The van der Waals surface area contributed by atoms with E-state index in [4.69, 9.17) is 11.6 Å². The van der Waals surface area contributed by atoms with Crippen molar-refractivity contribution >= 4 is 11.6 Å². The molecule has 1 aromatic rings. The molecular weight excluding hydrogens is 261 g/mol. The molecule has 0 aromatic heterocycles. The van der Waals surface area contributed by atoms with E-state index < -0.39 is 0 Å². The van der Waals surface area contributed by atoms with Crippen molar-refractivity contribution in [2.45, 2.75) is 46.5 Å². The van der Waals surface area contributed by atoms with Gasteiger partial charge in [0.05, 0.1) is 5.02 Å². The first-order chi connectivity index (χ1) is 9.06. The fourth-order valence-electron chi connectivity index (χ4n) is 2.43. The topological polar surface area (TPSA) is 12.0 Å². The van der Waals surface area contributed by atoms with E-state index in [0.29, 0.717) is 0 Å². The van der Waals surface area contributed by atoms with Gasteiger partial charge in [-0.05, 0) is 55.3 Å². The molecule has 0 aliphatic carbocycles. The van der Waals surface area contributed by atoms with Crippen molar-refractivity contribution in [1.29, 1.82) is 0 Å². The van der Waals surface area contributed by atoms with E-state index in [2.05, 4.69) is 26.1 Å². The van der Waals surface area contributed by atoms with Crippen molar-refractivity contribution in [2.75, 3.05) is 13.1 Å². The van der Waals surface area contributed by atoms with Crippen molar-refractivity contribution in [2.24, 2.45) is 5.41 Å². The SMILES string of the molecule is CCCNCC(CC)(CC)Cc1ccc(F)c(Cl)c1. The maximum Gasteiger partial charge on any atom is 0.141 e. The predicted octanol–water partition coefficient (Wildman–Crippen LogP) is 4.83. The lowest BCUT2D eigenvalue weighted by atomic mass is 9.77. The predicted molar refractivity (Wildman–Crippen MR) is 81.3 cm³/mol. The molecule has 0 unspecified atom stereocenters. The Morgan fingerprint density at radius 1 is 1.21 bits per heavy atom. The lowest BCUT2D eigenvalue weighted by Crippen LogP contribution is -2.35. The highest BCUT2D eigenvalue weighted by Crippen LogP contribution is 2.31. The van der Waals surface area contributed by atoms with Crippen molar-refractivity contribution < 1.29 is 4.39 Å². The molecule has 0 spiro atoms. The van der Waals surface area contributed by atoms with Crippen LogP contribution >= 0.6 is 11.6 Å². The number of halogens is 2. The van der Waals surface area contributed by atoms with Crippen LogP contribution in [0, 0.1) is 11.2 Å². The first-order valence-electron chi connectivity index (χ1n) is 7.21. The molecule has 1 rings (SSSR count). The van der Waals surface area contributed by atoms with Gasteiger partial charge >= 0.3 is 0 Å². The minimum Gasteiger partial charge on any atom is -0.316 e. The number of benzene rings is 1. The molecule has 19 heavy (non-hydrogen) atoms. The van der Waals surface area contributed by atoms with E-state index >= 15 is 0 Å². The third-order valence-electron chi connectivity index (χ3n) is 3.99. The quantitative estimate of drug-likeness (QED) is 0.675. The highest BCUT2D eigenvalue weighted by Gasteiger charge is 2.26. The van der Waals surface area contributed by atoms with Crippen molar-refractivity contribution in [1.82, 2.24) is 5.32 Å². The Kier molecular flexibility index (Phi) is 6.81. The zero-order valence-corrected chi connectivity index (χ0v) is 13.0. The third kappa shape index (κ3) is 4.77. The van der Waals surface area contributed by atoms with Gasteiger partial charge in [0.25, 0.3) is 0 Å². The van der Waals surface area contributed by atoms with Gasteiger partial charge in [0.1, 0.15) is 5.82 Å². The lowest BCUT2D eigenvalue weighted by molar-refractivity contribution is 0.247. The summed E-state index contributed by atoms with van der Waals surface area (Å²) in [7, 11) is 0. The number of hydrogen-bond donors (Lipinski definition) is 1. The van der Waals surface area contributed by atoms with Gasteiger partial charge in [-0.2, -0.15) is 0 Å². The summed E-state index contributed by atoms with van der Waals surface area (Å²) < 4.78 is 13.2. The Morgan fingerprint density at radius 2 is 1.89 bits per heavy atom. The minimum absolute atomic E-state index is 0.222. The summed E-state index contributed by atoms with van der Waals surface area (Å²) in [5.41, 5.74) is 1.35. The monoisotopic (exact) mass is 285 g/mol. The average Bonchev–Trinajstić information content (AvgIpc) is 2.42. The average molecular weight is 286 g/mol. The molecule has 0 fully saturated rings. The van der Waals surface area contributed by atoms with E-state index in [-0.39, 0.29) is 16.3 Å². The Bertz CT molecular complexity index is 388. The fraction of sp³-hybridized carbons (Fsp3) is 0.625. The Morgan fingerprint density at radius 3 is 2.42 bits per heavy atom. The molecule has 0 aliphatic rings. The van der Waals surface area contributed by atoms with Crippen LogP contribution < -0.4 is 5.32 Å². The van der Waals surface area contributed by atoms with Gasteiger partial charge in [0.2, 0.25) is 0 Å². The van der Waals surface area contributed by atoms with Gasteiger partial charge in [-0.15, -0.1) is 0 Å². The summed E-state index contributed by atoms with van der Waals surface area (Å²) in [6, 6.07) is 5.07. The molecule has 0 heterocycles. The third-order valence-corrected chi connectivity index (χ3v) is 4.28. The smallest absolute Gasteiger partial charge is 0.141 e. The summed E-state index contributed by atoms with van der Waals surface area (Å²) in [4.78, 5) is 0. The number of nitrogens with one attached hydrogen (secondary N) is 1. The van der Waals surface area contributed by atoms with Crippen LogP contribution in [0.5, 0.6) is 0 Å². The van der Waals surface area contributed by atoms with Crippen LogP contribution in [-0.4, -0.2) is 13.1 Å². The molecule has 1 nitrogen and oxygen atoms in total. The second-order valence-electron chi connectivity index (χ2n) is 5.31. The van der Waals surface area contributed by atoms with E-state index in [1.54, 1.807) is 6.07 Å². The molecule has 0 saturated heterocycles. The van der Waals surface area contributed by atoms with Crippen LogP contribution in [0.25, 0.3) is 0 Å². The van der Waals surface area contributed by atoms with Gasteiger partial charge in [0.15, 0.2) is 0 Å². The van der Waals surface area contributed by atoms with Crippen LogP contribution in [0.3, 0.4) is 0 Å². The second-order valence-corrected chi connectivity index (χ2v) is 5.72. The van der Waals surface area contributed by atoms with Crippen LogP contribution in [-0.2, 0) is 6.42 Å². The summed E-state index contributed by atoms with van der Waals surface area (Å²) >= 11 is 5.87. The molecular formula is C16H25ClFN. The first-order valence-corrected chi connectivity index (χ1v) is 7.59. The van der Waals surface area contributed by atoms with Gasteiger partial charge < -0.3 is 5.32 Å². The zero-order chi connectivity index (χ0) is 14.3. The molecule has 3 heteroatoms. The fourth-order valence-corrected chi connectivity index (χ4v) is 2.63. The van der Waals surface area contributed by atoms with Gasteiger partial charge in [-0.1, -0.05) is 38.4 Å². The lowest BCUT2D eigenvalue weighted by Gasteiger charge is -2.32. The highest BCUT2D eigenvalue weighted by molar-refractivity contribution is 6.30. The summed E-state index contributed by atoms with van der Waals surface area (Å²) in [6.07, 6.45) is 4.30. The molecule has 108 valence electrons. The maximum absolute atomic E-state index is 13.2. The van der Waals surface area contributed by atoms with E-state index in [9.17, 15) is 4.39 Å². The van der Waals surface area contributed by atoms with Crippen LogP contribution in [0.2, 0.25) is 5.02 Å². The van der Waals surface area contributed by atoms with Gasteiger partial charge in [0, 0.05) is 6.54 Å². The minimum atomic E-state index is -0.340. The van der Waals surface area contributed by atoms with E-state index in [1.165, 1.54) is 6.07 Å². The molecule has 0 amide bonds. The standard InChI is InChI=1S/C16H25ClFN/c1-4-9-19-12-16(5-2,6-3)11-13-7-8-15(18)14(17)10-13/h7-8,10,19H,4-6,9,11-12H2,1-3H3. The summed E-state index contributed by atoms with van der Waals surface area (Å²) in [5.74, 6) is -0.340. The molecule has 1 aromatic carbocycles. The van der Waals surface area contributed by atoms with Crippen molar-refractivity contribution in [3.63, 3.8) is 0 Å². The Balaban J connectivity index is 2.78. The van der Waals surface area contributed by atoms with Crippen molar-refractivity contribution in [3.8, 4) is 0 Å². The van der Waals surface area contributed by atoms with Crippen LogP contribution in [0.15, 0.2) is 18.2 Å². The zero-order valence-electron chi connectivity index (χ0n) is 12.2. The molecule has 1 N–H and O–H groups in total.